The van der Waals surface area contributed by atoms with Gasteiger partial charge in [-0.1, -0.05) is 43.9 Å². The molecule has 0 atom stereocenters. The Balaban J connectivity index is 1.25. The maximum absolute atomic E-state index is 12.7. The molecule has 1 aromatic rings. The lowest BCUT2D eigenvalue weighted by molar-refractivity contribution is -0.137. The van der Waals surface area contributed by atoms with Crippen LogP contribution in [0.2, 0.25) is 0 Å². The number of carbonyl (C=O) groups excluding carboxylic acids is 1. The monoisotopic (exact) mass is 387 g/mol. The van der Waals surface area contributed by atoms with Crippen molar-refractivity contribution >= 4 is 23.5 Å². The Morgan fingerprint density at radius 2 is 1.74 bits per heavy atom. The van der Waals surface area contributed by atoms with Crippen molar-refractivity contribution in [2.24, 2.45) is 5.92 Å². The van der Waals surface area contributed by atoms with Gasteiger partial charge in [0.15, 0.2) is 5.16 Å². The molecule has 5 nitrogen and oxygen atoms in total. The molecule has 1 saturated heterocycles. The van der Waals surface area contributed by atoms with Gasteiger partial charge in [-0.05, 0) is 38.5 Å². The first kappa shape index (κ1) is 19.0. The van der Waals surface area contributed by atoms with Crippen LogP contribution < -0.4 is 5.32 Å². The van der Waals surface area contributed by atoms with E-state index in [1.807, 2.05) is 6.07 Å². The SMILES string of the molecule is O=C(C1CCCCC1)N1CCC(Nc2c[c]nc(SC3CCCC3)n2)CC1. The molecule has 1 amide bonds. The molecule has 1 aromatic heterocycles. The Morgan fingerprint density at radius 1 is 1.04 bits per heavy atom. The fourth-order valence-corrected chi connectivity index (χ4v) is 5.78. The van der Waals surface area contributed by atoms with E-state index < -0.39 is 0 Å². The second-order valence-electron chi connectivity index (χ2n) is 8.27. The molecular formula is C21H31N4OS. The first-order valence-electron chi connectivity index (χ1n) is 10.7. The minimum atomic E-state index is 0.287. The van der Waals surface area contributed by atoms with E-state index in [1.165, 1.54) is 44.9 Å². The predicted molar refractivity (Wildman–Crippen MR) is 109 cm³/mol. The number of carbonyl (C=O) groups is 1. The summed E-state index contributed by atoms with van der Waals surface area (Å²) in [5, 5.41) is 5.06. The highest BCUT2D eigenvalue weighted by Crippen LogP contribution is 2.33. The number of nitrogens with one attached hydrogen (secondary N) is 1. The highest BCUT2D eigenvalue weighted by Gasteiger charge is 2.29. The summed E-state index contributed by atoms with van der Waals surface area (Å²) in [5.74, 6) is 1.57. The second-order valence-corrected chi connectivity index (χ2v) is 9.54. The van der Waals surface area contributed by atoms with Crippen LogP contribution in [0, 0.1) is 12.1 Å². The van der Waals surface area contributed by atoms with Gasteiger partial charge in [0.05, 0.1) is 6.20 Å². The minimum Gasteiger partial charge on any atom is -0.367 e. The standard InChI is InChI=1S/C21H31N4OS/c26-20(16-6-2-1-3-7-16)25-14-11-17(12-15-25)23-19-10-13-22-21(24-19)27-18-8-4-5-9-18/h10,16-18H,1-9,11-12,14-15H2,(H,22,23,24). The summed E-state index contributed by atoms with van der Waals surface area (Å²) >= 11 is 1.80. The molecule has 147 valence electrons. The summed E-state index contributed by atoms with van der Waals surface area (Å²) in [5.41, 5.74) is 0. The number of likely N-dealkylation sites (tertiary alicyclic amines) is 1. The first-order valence-corrected chi connectivity index (χ1v) is 11.6. The topological polar surface area (TPSA) is 58.1 Å². The molecule has 0 spiro atoms. The Bertz CT molecular complexity index is 620. The van der Waals surface area contributed by atoms with Gasteiger partial charge in [0.2, 0.25) is 5.91 Å². The summed E-state index contributed by atoms with van der Waals surface area (Å²) in [7, 11) is 0. The molecule has 2 aliphatic carbocycles. The van der Waals surface area contributed by atoms with Crippen molar-refractivity contribution in [2.45, 2.75) is 87.1 Å². The number of hydrogen-bond donors (Lipinski definition) is 1. The molecule has 2 saturated carbocycles. The molecule has 3 aliphatic rings. The number of nitrogens with zero attached hydrogens (tertiary/aromatic N) is 3. The number of aromatic nitrogens is 2. The Morgan fingerprint density at radius 3 is 2.48 bits per heavy atom. The molecule has 1 radical (unpaired) electrons. The Hall–Kier alpha value is -1.30. The van der Waals surface area contributed by atoms with Crippen LogP contribution in [0.1, 0.15) is 70.6 Å². The van der Waals surface area contributed by atoms with Gasteiger partial charge < -0.3 is 10.2 Å². The van der Waals surface area contributed by atoms with E-state index >= 15 is 0 Å². The largest absolute Gasteiger partial charge is 0.367 e. The zero-order chi connectivity index (χ0) is 18.5. The van der Waals surface area contributed by atoms with Crippen LogP contribution in [0.15, 0.2) is 11.2 Å². The van der Waals surface area contributed by atoms with E-state index in [1.54, 1.807) is 11.8 Å². The van der Waals surface area contributed by atoms with Gasteiger partial charge in [-0.25, -0.2) is 9.97 Å². The molecule has 0 unspecified atom stereocenters. The van der Waals surface area contributed by atoms with Crippen molar-refractivity contribution in [2.75, 3.05) is 18.4 Å². The Labute approximate surface area is 167 Å². The lowest BCUT2D eigenvalue weighted by Crippen LogP contribution is -2.45. The molecule has 0 bridgehead atoms. The number of amides is 1. The molecule has 6 heteroatoms. The highest BCUT2D eigenvalue weighted by molar-refractivity contribution is 7.99. The van der Waals surface area contributed by atoms with Crippen LogP contribution in [0.3, 0.4) is 0 Å². The highest BCUT2D eigenvalue weighted by atomic mass is 32.2. The van der Waals surface area contributed by atoms with Crippen molar-refractivity contribution in [1.82, 2.24) is 14.9 Å². The minimum absolute atomic E-state index is 0.287. The second kappa shape index (κ2) is 9.26. The predicted octanol–water partition coefficient (Wildman–Crippen LogP) is 4.29. The summed E-state index contributed by atoms with van der Waals surface area (Å²) < 4.78 is 0. The summed E-state index contributed by atoms with van der Waals surface area (Å²) in [6, 6.07) is 2.23. The molecule has 2 heterocycles. The number of piperidine rings is 1. The van der Waals surface area contributed by atoms with Crippen LogP contribution in [0.5, 0.6) is 0 Å². The fraction of sp³-hybridized carbons (Fsp3) is 0.762. The number of anilines is 1. The zero-order valence-electron chi connectivity index (χ0n) is 16.2. The molecule has 3 fully saturated rings. The molecule has 27 heavy (non-hydrogen) atoms. The molecule has 1 aliphatic heterocycles. The van der Waals surface area contributed by atoms with Crippen LogP contribution in [-0.4, -0.2) is 45.2 Å². The van der Waals surface area contributed by atoms with Gasteiger partial charge in [0.1, 0.15) is 5.82 Å². The van der Waals surface area contributed by atoms with E-state index in [0.29, 0.717) is 17.2 Å². The lowest BCUT2D eigenvalue weighted by Gasteiger charge is -2.35. The quantitative estimate of drug-likeness (QED) is 0.764. The van der Waals surface area contributed by atoms with E-state index in [9.17, 15) is 4.79 Å². The van der Waals surface area contributed by atoms with Crippen LogP contribution in [0.25, 0.3) is 0 Å². The molecular weight excluding hydrogens is 356 g/mol. The lowest BCUT2D eigenvalue weighted by atomic mass is 9.87. The van der Waals surface area contributed by atoms with Crippen molar-refractivity contribution in [1.29, 1.82) is 0 Å². The van der Waals surface area contributed by atoms with Gasteiger partial charge in [0, 0.05) is 36.4 Å². The van der Waals surface area contributed by atoms with Gasteiger partial charge in [-0.2, -0.15) is 0 Å². The zero-order valence-corrected chi connectivity index (χ0v) is 17.0. The summed E-state index contributed by atoms with van der Waals surface area (Å²) in [6.07, 6.45) is 16.1. The van der Waals surface area contributed by atoms with E-state index in [-0.39, 0.29) is 5.92 Å². The van der Waals surface area contributed by atoms with Crippen molar-refractivity contribution in [3.63, 3.8) is 0 Å². The van der Waals surface area contributed by atoms with Crippen LogP contribution >= 0.6 is 11.8 Å². The van der Waals surface area contributed by atoms with E-state index in [4.69, 9.17) is 0 Å². The van der Waals surface area contributed by atoms with Gasteiger partial charge in [-0.3, -0.25) is 4.79 Å². The summed E-state index contributed by atoms with van der Waals surface area (Å²) in [4.78, 5) is 23.8. The number of hydrogen-bond acceptors (Lipinski definition) is 5. The smallest absolute Gasteiger partial charge is 0.225 e. The van der Waals surface area contributed by atoms with Crippen LogP contribution in [-0.2, 0) is 4.79 Å². The van der Waals surface area contributed by atoms with Crippen molar-refractivity contribution in [3.05, 3.63) is 12.3 Å². The van der Waals surface area contributed by atoms with Gasteiger partial charge in [-0.15, -0.1) is 0 Å². The van der Waals surface area contributed by atoms with Crippen LogP contribution in [0.4, 0.5) is 5.82 Å². The van der Waals surface area contributed by atoms with Gasteiger partial charge >= 0.3 is 0 Å². The maximum Gasteiger partial charge on any atom is 0.225 e. The third-order valence-electron chi connectivity index (χ3n) is 6.26. The average Bonchev–Trinajstić information content (AvgIpc) is 3.22. The fourth-order valence-electron chi connectivity index (χ4n) is 4.65. The third-order valence-corrected chi connectivity index (χ3v) is 7.46. The Kier molecular flexibility index (Phi) is 6.53. The normalized spacial score (nSPS) is 22.9. The van der Waals surface area contributed by atoms with E-state index in [2.05, 4.69) is 26.4 Å². The maximum atomic E-state index is 12.7. The van der Waals surface area contributed by atoms with Crippen molar-refractivity contribution < 1.29 is 4.79 Å². The summed E-state index contributed by atoms with van der Waals surface area (Å²) in [6.45, 7) is 1.73. The average molecular weight is 388 g/mol. The third kappa shape index (κ3) is 5.15. The molecule has 0 aromatic carbocycles. The number of rotatable bonds is 5. The number of thioether (sulfide) groups is 1. The van der Waals surface area contributed by atoms with Gasteiger partial charge in [0.25, 0.3) is 0 Å². The molecule has 4 rings (SSSR count). The van der Waals surface area contributed by atoms with Crippen molar-refractivity contribution in [3.8, 4) is 0 Å². The van der Waals surface area contributed by atoms with E-state index in [0.717, 1.165) is 49.7 Å². The molecule has 1 N–H and O–H groups in total. The first-order chi connectivity index (χ1) is 13.3.